The number of nitro groups is 1. The van der Waals surface area contributed by atoms with E-state index >= 15 is 0 Å². The molecule has 0 spiro atoms. The molecule has 0 aromatic heterocycles. The Morgan fingerprint density at radius 2 is 2.10 bits per heavy atom. The van der Waals surface area contributed by atoms with Crippen molar-refractivity contribution in [3.63, 3.8) is 0 Å². The van der Waals surface area contributed by atoms with Crippen molar-refractivity contribution in [1.29, 1.82) is 0 Å². The van der Waals surface area contributed by atoms with Gasteiger partial charge in [0.1, 0.15) is 0 Å². The van der Waals surface area contributed by atoms with Gasteiger partial charge in [-0.25, -0.2) is 0 Å². The third-order valence-corrected chi connectivity index (χ3v) is 2.40. The minimum atomic E-state index is -1.03. The second kappa shape index (κ2) is 7.29. The smallest absolute Gasteiger partial charge is 0.313 e. The highest BCUT2D eigenvalue weighted by atomic mass is 19.1. The number of nitrogens with one attached hydrogen (secondary N) is 2. The van der Waals surface area contributed by atoms with Crippen LogP contribution in [-0.4, -0.2) is 36.5 Å². The summed E-state index contributed by atoms with van der Waals surface area (Å²) in [5.74, 6) is -2.97. The van der Waals surface area contributed by atoms with Crippen LogP contribution in [0.5, 0.6) is 0 Å². The van der Waals surface area contributed by atoms with E-state index in [1.54, 1.807) is 6.92 Å². The van der Waals surface area contributed by atoms with E-state index in [1.807, 2.05) is 0 Å². The lowest BCUT2D eigenvalue weighted by atomic mass is 10.2. The molecule has 0 aliphatic rings. The van der Waals surface area contributed by atoms with E-state index in [9.17, 15) is 24.1 Å². The fourth-order valence-corrected chi connectivity index (χ4v) is 1.50. The summed E-state index contributed by atoms with van der Waals surface area (Å²) >= 11 is 0. The topological polar surface area (TPSA) is 111 Å². The standard InChI is InChI=1S/C12H14FN3O5/c1-7(6-21-2)14-11(17)12(18)15-8-3-4-9(13)10(5-8)16(19)20/h3-5,7H,6H2,1-2H3,(H,14,17)(H,15,18)/t7-/m1/s1. The Balaban J connectivity index is 2.73. The number of benzene rings is 1. The number of carbonyl (C=O) groups is 2. The molecule has 2 amide bonds. The number of anilines is 1. The summed E-state index contributed by atoms with van der Waals surface area (Å²) in [4.78, 5) is 32.8. The van der Waals surface area contributed by atoms with Gasteiger partial charge in [-0.15, -0.1) is 0 Å². The van der Waals surface area contributed by atoms with E-state index in [2.05, 4.69) is 10.6 Å². The van der Waals surface area contributed by atoms with Gasteiger partial charge >= 0.3 is 17.5 Å². The maximum atomic E-state index is 13.1. The fourth-order valence-electron chi connectivity index (χ4n) is 1.50. The average Bonchev–Trinajstić information content (AvgIpc) is 2.40. The molecular formula is C12H14FN3O5. The zero-order valence-corrected chi connectivity index (χ0v) is 11.4. The molecule has 21 heavy (non-hydrogen) atoms. The largest absolute Gasteiger partial charge is 0.383 e. The zero-order chi connectivity index (χ0) is 16.0. The van der Waals surface area contributed by atoms with E-state index in [-0.39, 0.29) is 18.3 Å². The first-order valence-corrected chi connectivity index (χ1v) is 5.90. The monoisotopic (exact) mass is 299 g/mol. The molecule has 0 heterocycles. The highest BCUT2D eigenvalue weighted by molar-refractivity contribution is 6.39. The fraction of sp³-hybridized carbons (Fsp3) is 0.333. The highest BCUT2D eigenvalue weighted by Crippen LogP contribution is 2.21. The van der Waals surface area contributed by atoms with Crippen molar-refractivity contribution in [3.8, 4) is 0 Å². The first kappa shape index (κ1) is 16.5. The lowest BCUT2D eigenvalue weighted by Gasteiger charge is -2.12. The third-order valence-electron chi connectivity index (χ3n) is 2.40. The van der Waals surface area contributed by atoms with Crippen molar-refractivity contribution in [1.82, 2.24) is 5.32 Å². The van der Waals surface area contributed by atoms with Gasteiger partial charge in [-0.3, -0.25) is 19.7 Å². The predicted octanol–water partition coefficient (Wildman–Crippen LogP) is 0.824. The highest BCUT2D eigenvalue weighted by Gasteiger charge is 2.19. The summed E-state index contributed by atoms with van der Waals surface area (Å²) in [5.41, 5.74) is -0.844. The number of nitro benzene ring substituents is 1. The summed E-state index contributed by atoms with van der Waals surface area (Å²) in [6.45, 7) is 1.86. The molecule has 0 saturated heterocycles. The Hall–Kier alpha value is -2.55. The molecule has 1 atom stereocenters. The van der Waals surface area contributed by atoms with E-state index in [0.29, 0.717) is 0 Å². The maximum absolute atomic E-state index is 13.1. The number of nitrogens with zero attached hydrogens (tertiary/aromatic N) is 1. The molecule has 114 valence electrons. The summed E-state index contributed by atoms with van der Waals surface area (Å²) in [7, 11) is 1.44. The van der Waals surface area contributed by atoms with Crippen molar-refractivity contribution in [2.24, 2.45) is 0 Å². The molecule has 1 aromatic rings. The Morgan fingerprint density at radius 3 is 2.67 bits per heavy atom. The maximum Gasteiger partial charge on any atom is 0.313 e. The van der Waals surface area contributed by atoms with Crippen LogP contribution in [0.4, 0.5) is 15.8 Å². The molecule has 8 nitrogen and oxygen atoms in total. The number of ether oxygens (including phenoxy) is 1. The Labute approximate surface area is 119 Å². The number of rotatable bonds is 5. The molecule has 0 bridgehead atoms. The lowest BCUT2D eigenvalue weighted by molar-refractivity contribution is -0.387. The van der Waals surface area contributed by atoms with Crippen LogP contribution < -0.4 is 10.6 Å². The van der Waals surface area contributed by atoms with Gasteiger partial charge in [0.15, 0.2) is 0 Å². The van der Waals surface area contributed by atoms with Crippen LogP contribution in [0.15, 0.2) is 18.2 Å². The molecule has 1 aromatic carbocycles. The van der Waals surface area contributed by atoms with Crippen LogP contribution in [-0.2, 0) is 14.3 Å². The normalized spacial score (nSPS) is 11.6. The number of methoxy groups -OCH3 is 1. The van der Waals surface area contributed by atoms with Crippen LogP contribution in [0, 0.1) is 15.9 Å². The van der Waals surface area contributed by atoms with Crippen molar-refractivity contribution < 1.29 is 23.6 Å². The molecule has 9 heteroatoms. The van der Waals surface area contributed by atoms with Gasteiger partial charge in [0, 0.05) is 24.9 Å². The minimum absolute atomic E-state index is 0.0531. The van der Waals surface area contributed by atoms with Gasteiger partial charge in [0.25, 0.3) is 0 Å². The lowest BCUT2D eigenvalue weighted by Crippen LogP contribution is -2.42. The molecule has 1 rings (SSSR count). The quantitative estimate of drug-likeness (QED) is 0.475. The van der Waals surface area contributed by atoms with Crippen LogP contribution in [0.1, 0.15) is 6.92 Å². The van der Waals surface area contributed by atoms with Crippen LogP contribution in [0.2, 0.25) is 0 Å². The SMILES string of the molecule is COC[C@@H](C)NC(=O)C(=O)Nc1ccc(F)c([N+](=O)[O-])c1. The van der Waals surface area contributed by atoms with Crippen LogP contribution in [0.25, 0.3) is 0 Å². The van der Waals surface area contributed by atoms with Crippen molar-refractivity contribution >= 4 is 23.2 Å². The molecule has 0 aliphatic heterocycles. The predicted molar refractivity (Wildman–Crippen MR) is 71.2 cm³/mol. The van der Waals surface area contributed by atoms with Gasteiger partial charge < -0.3 is 15.4 Å². The van der Waals surface area contributed by atoms with E-state index < -0.39 is 28.2 Å². The van der Waals surface area contributed by atoms with E-state index in [1.165, 1.54) is 7.11 Å². The minimum Gasteiger partial charge on any atom is -0.383 e. The van der Waals surface area contributed by atoms with Crippen molar-refractivity contribution in [3.05, 3.63) is 34.1 Å². The summed E-state index contributed by atoms with van der Waals surface area (Å²) in [5, 5.41) is 15.1. The molecule has 2 N–H and O–H groups in total. The second-order valence-electron chi connectivity index (χ2n) is 4.21. The first-order chi connectivity index (χ1) is 9.85. The molecule has 0 saturated carbocycles. The van der Waals surface area contributed by atoms with Crippen molar-refractivity contribution in [2.45, 2.75) is 13.0 Å². The van der Waals surface area contributed by atoms with Gasteiger partial charge in [-0.2, -0.15) is 4.39 Å². The van der Waals surface area contributed by atoms with Gasteiger partial charge in [0.2, 0.25) is 5.82 Å². The first-order valence-electron chi connectivity index (χ1n) is 5.90. The number of halogens is 1. The summed E-state index contributed by atoms with van der Waals surface area (Å²) in [6, 6.07) is 2.40. The number of hydrogen-bond acceptors (Lipinski definition) is 5. The Morgan fingerprint density at radius 1 is 1.43 bits per heavy atom. The summed E-state index contributed by atoms with van der Waals surface area (Å²) < 4.78 is 17.9. The van der Waals surface area contributed by atoms with Crippen LogP contribution >= 0.6 is 0 Å². The average molecular weight is 299 g/mol. The molecule has 0 aliphatic carbocycles. The van der Waals surface area contributed by atoms with Gasteiger partial charge in [-0.1, -0.05) is 0 Å². The third kappa shape index (κ3) is 4.80. The zero-order valence-electron chi connectivity index (χ0n) is 11.4. The molecule has 0 fully saturated rings. The molecule has 0 radical (unpaired) electrons. The number of hydrogen-bond donors (Lipinski definition) is 2. The Bertz CT molecular complexity index is 564. The van der Waals surface area contributed by atoms with Crippen LogP contribution in [0.3, 0.4) is 0 Å². The molecule has 0 unspecified atom stereocenters. The van der Waals surface area contributed by atoms with Crippen molar-refractivity contribution in [2.75, 3.05) is 19.0 Å². The van der Waals surface area contributed by atoms with E-state index in [4.69, 9.17) is 4.74 Å². The number of amides is 2. The molecular weight excluding hydrogens is 285 g/mol. The Kier molecular flexibility index (Phi) is 5.73. The van der Waals surface area contributed by atoms with E-state index in [0.717, 1.165) is 18.2 Å². The second-order valence-corrected chi connectivity index (χ2v) is 4.21. The van der Waals surface area contributed by atoms with Gasteiger partial charge in [0.05, 0.1) is 11.5 Å². The summed E-state index contributed by atoms with van der Waals surface area (Å²) in [6.07, 6.45) is 0. The number of carbonyl (C=O) groups excluding carboxylic acids is 2. The van der Waals surface area contributed by atoms with Gasteiger partial charge in [-0.05, 0) is 19.1 Å².